The first-order valence-corrected chi connectivity index (χ1v) is 8.19. The minimum Gasteiger partial charge on any atom is -0.323 e. The summed E-state index contributed by atoms with van der Waals surface area (Å²) in [6.07, 6.45) is 6.86. The van der Waals surface area contributed by atoms with Gasteiger partial charge in [-0.2, -0.15) is 0 Å². The van der Waals surface area contributed by atoms with E-state index in [4.69, 9.17) is 0 Å². The third kappa shape index (κ3) is 3.92. The van der Waals surface area contributed by atoms with Gasteiger partial charge >= 0.3 is 0 Å². The van der Waals surface area contributed by atoms with Gasteiger partial charge in [-0.1, -0.05) is 37.3 Å². The Balaban J connectivity index is 1.77. The first kappa shape index (κ1) is 16.9. The lowest BCUT2D eigenvalue weighted by Gasteiger charge is -2.26. The largest absolute Gasteiger partial charge is 0.323 e. The fourth-order valence-electron chi connectivity index (χ4n) is 2.64. The smallest absolute Gasteiger partial charge is 0.246 e. The molecule has 1 aromatic carbocycles. The van der Waals surface area contributed by atoms with Crippen LogP contribution in [-0.4, -0.2) is 38.9 Å². The number of hydrogen-bond donors (Lipinski definition) is 1. The van der Waals surface area contributed by atoms with Gasteiger partial charge in [0.05, 0.1) is 11.9 Å². The standard InChI is InChI=1S/C19H21N5O/c1-3-23(2)18(15-7-5-4-6-8-15)19(25)22-16-9-10-17(21-13-16)24-12-11-20-14-24/h4-14,18H,3H2,1-2H3,(H,22,25). The van der Waals surface area contributed by atoms with Crippen molar-refractivity contribution in [2.45, 2.75) is 13.0 Å². The summed E-state index contributed by atoms with van der Waals surface area (Å²) in [5.74, 6) is 0.675. The SMILES string of the molecule is CCN(C)C(C(=O)Nc1ccc(-n2ccnc2)nc1)c1ccccc1. The maximum atomic E-state index is 12.8. The highest BCUT2D eigenvalue weighted by Gasteiger charge is 2.24. The molecule has 1 amide bonds. The number of rotatable bonds is 6. The van der Waals surface area contributed by atoms with Gasteiger partial charge in [0, 0.05) is 12.4 Å². The van der Waals surface area contributed by atoms with Crippen LogP contribution in [-0.2, 0) is 4.79 Å². The monoisotopic (exact) mass is 335 g/mol. The second-order valence-electron chi connectivity index (χ2n) is 5.75. The number of anilines is 1. The molecule has 6 heteroatoms. The van der Waals surface area contributed by atoms with Crippen molar-refractivity contribution in [1.82, 2.24) is 19.4 Å². The van der Waals surface area contributed by atoms with E-state index in [0.29, 0.717) is 5.69 Å². The highest BCUT2D eigenvalue weighted by Crippen LogP contribution is 2.21. The molecule has 0 aliphatic heterocycles. The number of carbonyl (C=O) groups is 1. The maximum absolute atomic E-state index is 12.8. The molecule has 6 nitrogen and oxygen atoms in total. The first-order chi connectivity index (χ1) is 12.2. The van der Waals surface area contributed by atoms with Crippen LogP contribution in [0.1, 0.15) is 18.5 Å². The van der Waals surface area contributed by atoms with Crippen molar-refractivity contribution in [1.29, 1.82) is 0 Å². The Bertz CT molecular complexity index is 800. The van der Waals surface area contributed by atoms with Gasteiger partial charge < -0.3 is 5.32 Å². The topological polar surface area (TPSA) is 63.1 Å². The molecule has 1 N–H and O–H groups in total. The Kier molecular flexibility index (Phi) is 5.20. The van der Waals surface area contributed by atoms with Crippen LogP contribution >= 0.6 is 0 Å². The molecule has 2 heterocycles. The molecule has 1 atom stereocenters. The minimum absolute atomic E-state index is 0.0762. The molecule has 3 rings (SSSR count). The van der Waals surface area contributed by atoms with E-state index < -0.39 is 0 Å². The molecule has 3 aromatic rings. The van der Waals surface area contributed by atoms with Crippen molar-refractivity contribution in [3.8, 4) is 5.82 Å². The Morgan fingerprint density at radius 2 is 2.04 bits per heavy atom. The predicted molar refractivity (Wildman–Crippen MR) is 97.5 cm³/mol. The Hall–Kier alpha value is -2.99. The average molecular weight is 335 g/mol. The average Bonchev–Trinajstić information content (AvgIpc) is 3.18. The molecule has 0 saturated heterocycles. The molecule has 0 aliphatic carbocycles. The molecule has 0 spiro atoms. The molecular weight excluding hydrogens is 314 g/mol. The molecular formula is C19H21N5O. The number of nitrogens with zero attached hydrogens (tertiary/aromatic N) is 4. The van der Waals surface area contributed by atoms with E-state index in [0.717, 1.165) is 17.9 Å². The minimum atomic E-state index is -0.348. The van der Waals surface area contributed by atoms with Crippen LogP contribution < -0.4 is 5.32 Å². The number of imidazole rings is 1. The summed E-state index contributed by atoms with van der Waals surface area (Å²) in [6, 6.07) is 13.1. The lowest BCUT2D eigenvalue weighted by Crippen LogP contribution is -2.34. The lowest BCUT2D eigenvalue weighted by atomic mass is 10.0. The fourth-order valence-corrected chi connectivity index (χ4v) is 2.64. The molecule has 0 fully saturated rings. The van der Waals surface area contributed by atoms with E-state index in [9.17, 15) is 4.79 Å². The first-order valence-electron chi connectivity index (χ1n) is 8.19. The van der Waals surface area contributed by atoms with Crippen molar-refractivity contribution < 1.29 is 4.79 Å². The normalized spacial score (nSPS) is 12.1. The van der Waals surface area contributed by atoms with E-state index in [1.807, 2.05) is 72.1 Å². The van der Waals surface area contributed by atoms with Crippen molar-refractivity contribution in [2.24, 2.45) is 0 Å². The number of amides is 1. The van der Waals surface area contributed by atoms with Crippen molar-refractivity contribution >= 4 is 11.6 Å². The highest BCUT2D eigenvalue weighted by atomic mass is 16.2. The van der Waals surface area contributed by atoms with E-state index in [-0.39, 0.29) is 11.9 Å². The zero-order valence-electron chi connectivity index (χ0n) is 14.3. The number of hydrogen-bond acceptors (Lipinski definition) is 4. The zero-order valence-corrected chi connectivity index (χ0v) is 14.3. The van der Waals surface area contributed by atoms with Gasteiger partial charge in [0.15, 0.2) is 0 Å². The Labute approximate surface area is 147 Å². The van der Waals surface area contributed by atoms with E-state index in [2.05, 4.69) is 15.3 Å². The Morgan fingerprint density at radius 1 is 1.24 bits per heavy atom. The summed E-state index contributed by atoms with van der Waals surface area (Å²) in [6.45, 7) is 2.80. The van der Waals surface area contributed by atoms with Crippen LogP contribution in [0.5, 0.6) is 0 Å². The van der Waals surface area contributed by atoms with Crippen molar-refractivity contribution in [3.63, 3.8) is 0 Å². The molecule has 0 saturated carbocycles. The van der Waals surface area contributed by atoms with Crippen LogP contribution in [0.2, 0.25) is 0 Å². The molecule has 128 valence electrons. The summed E-state index contributed by atoms with van der Waals surface area (Å²) < 4.78 is 1.81. The fraction of sp³-hybridized carbons (Fsp3) is 0.211. The van der Waals surface area contributed by atoms with Gasteiger partial charge in [-0.15, -0.1) is 0 Å². The molecule has 25 heavy (non-hydrogen) atoms. The lowest BCUT2D eigenvalue weighted by molar-refractivity contribution is -0.121. The number of likely N-dealkylation sites (N-methyl/N-ethyl adjacent to an activating group) is 1. The van der Waals surface area contributed by atoms with E-state index in [1.165, 1.54) is 0 Å². The highest BCUT2D eigenvalue weighted by molar-refractivity contribution is 5.95. The van der Waals surface area contributed by atoms with E-state index in [1.54, 1.807) is 18.7 Å². The Morgan fingerprint density at radius 3 is 2.64 bits per heavy atom. The zero-order chi connectivity index (χ0) is 17.6. The van der Waals surface area contributed by atoms with E-state index >= 15 is 0 Å². The number of benzene rings is 1. The molecule has 0 aliphatic rings. The van der Waals surface area contributed by atoms with Gasteiger partial charge in [0.2, 0.25) is 5.91 Å². The third-order valence-electron chi connectivity index (χ3n) is 4.09. The van der Waals surface area contributed by atoms with Crippen LogP contribution in [0.3, 0.4) is 0 Å². The van der Waals surface area contributed by atoms with Gasteiger partial charge in [0.1, 0.15) is 18.2 Å². The van der Waals surface area contributed by atoms with Crippen LogP contribution in [0.4, 0.5) is 5.69 Å². The molecule has 0 radical (unpaired) electrons. The number of nitrogens with one attached hydrogen (secondary N) is 1. The summed E-state index contributed by atoms with van der Waals surface area (Å²) in [5, 5.41) is 2.96. The summed E-state index contributed by atoms with van der Waals surface area (Å²) in [5.41, 5.74) is 1.63. The molecule has 1 unspecified atom stereocenters. The van der Waals surface area contributed by atoms with Gasteiger partial charge in [0.25, 0.3) is 0 Å². The quantitative estimate of drug-likeness (QED) is 0.752. The number of carbonyl (C=O) groups excluding carboxylic acids is 1. The molecule has 0 bridgehead atoms. The second kappa shape index (κ2) is 7.72. The van der Waals surface area contributed by atoms with Crippen molar-refractivity contribution in [2.75, 3.05) is 18.9 Å². The third-order valence-corrected chi connectivity index (χ3v) is 4.09. The predicted octanol–water partition coefficient (Wildman–Crippen LogP) is 2.90. The maximum Gasteiger partial charge on any atom is 0.246 e. The van der Waals surface area contributed by atoms with Gasteiger partial charge in [-0.25, -0.2) is 9.97 Å². The van der Waals surface area contributed by atoms with Crippen LogP contribution in [0, 0.1) is 0 Å². The van der Waals surface area contributed by atoms with Crippen molar-refractivity contribution in [3.05, 3.63) is 72.9 Å². The molecule has 2 aromatic heterocycles. The second-order valence-corrected chi connectivity index (χ2v) is 5.75. The van der Waals surface area contributed by atoms with Gasteiger partial charge in [-0.3, -0.25) is 14.3 Å². The van der Waals surface area contributed by atoms with Gasteiger partial charge in [-0.05, 0) is 31.3 Å². The number of pyridine rings is 1. The number of aromatic nitrogens is 3. The summed E-state index contributed by atoms with van der Waals surface area (Å²) >= 11 is 0. The van der Waals surface area contributed by atoms with Crippen LogP contribution in [0.25, 0.3) is 5.82 Å². The summed E-state index contributed by atoms with van der Waals surface area (Å²) in [7, 11) is 1.94. The summed E-state index contributed by atoms with van der Waals surface area (Å²) in [4.78, 5) is 23.2. The van der Waals surface area contributed by atoms with Crippen LogP contribution in [0.15, 0.2) is 67.4 Å².